The fourth-order valence-corrected chi connectivity index (χ4v) is 2.06. The van der Waals surface area contributed by atoms with Crippen LogP contribution in [-0.4, -0.2) is 18.9 Å². The summed E-state index contributed by atoms with van der Waals surface area (Å²) in [4.78, 5) is 11.7. The van der Waals surface area contributed by atoms with Crippen LogP contribution >= 0.6 is 0 Å². The molecule has 0 saturated carbocycles. The molecule has 0 aromatic rings. The fraction of sp³-hybridized carbons (Fsp3) is 0.615. The highest BCUT2D eigenvalue weighted by molar-refractivity contribution is 5.99. The molecule has 0 bridgehead atoms. The molecule has 0 unspecified atom stereocenters. The van der Waals surface area contributed by atoms with E-state index >= 15 is 0 Å². The van der Waals surface area contributed by atoms with Crippen LogP contribution in [0.25, 0.3) is 0 Å². The second-order valence-corrected chi connectivity index (χ2v) is 4.31. The highest BCUT2D eigenvalue weighted by Crippen LogP contribution is 2.28. The molecule has 1 N–H and O–H groups in total. The lowest BCUT2D eigenvalue weighted by atomic mass is 9.96. The van der Waals surface area contributed by atoms with Crippen LogP contribution in [0.3, 0.4) is 0 Å². The molecule has 0 saturated heterocycles. The largest absolute Gasteiger partial charge is 0.497 e. The number of ether oxygens (including phenoxy) is 1. The number of ketones is 1. The van der Waals surface area contributed by atoms with Gasteiger partial charge in [-0.3, -0.25) is 4.79 Å². The van der Waals surface area contributed by atoms with Crippen LogP contribution in [0.1, 0.15) is 39.0 Å². The summed E-state index contributed by atoms with van der Waals surface area (Å²) in [6, 6.07) is 0. The molecule has 3 nitrogen and oxygen atoms in total. The molecule has 0 radical (unpaired) electrons. The van der Waals surface area contributed by atoms with Gasteiger partial charge < -0.3 is 10.1 Å². The van der Waals surface area contributed by atoms with Gasteiger partial charge in [-0.15, -0.1) is 0 Å². The first-order valence-electron chi connectivity index (χ1n) is 6.15. The van der Waals surface area contributed by atoms with Gasteiger partial charge in [0, 0.05) is 25.1 Å². The number of hydrogen-bond donors (Lipinski definition) is 1. The Bertz CT molecular complexity index is 342. The summed E-state index contributed by atoms with van der Waals surface area (Å²) in [5.41, 5.74) is 1.99. The average Bonchev–Trinajstić information content (AvgIpc) is 2.30. The molecule has 0 atom stereocenters. The third-order valence-corrected chi connectivity index (χ3v) is 3.03. The second kappa shape index (κ2) is 5.19. The topological polar surface area (TPSA) is 38.3 Å². The van der Waals surface area contributed by atoms with Crippen LogP contribution in [0.4, 0.5) is 0 Å². The van der Waals surface area contributed by atoms with Crippen molar-refractivity contribution in [1.82, 2.24) is 5.32 Å². The molecule has 88 valence electrons. The number of rotatable bonds is 4. The van der Waals surface area contributed by atoms with E-state index in [1.165, 1.54) is 18.5 Å². The zero-order chi connectivity index (χ0) is 11.4. The van der Waals surface area contributed by atoms with Crippen molar-refractivity contribution < 1.29 is 9.53 Å². The van der Waals surface area contributed by atoms with Crippen molar-refractivity contribution in [3.05, 3.63) is 23.1 Å². The SMILES string of the molecule is CCCCNC1=CC2=C(CC1)OCCC2=O. The maximum atomic E-state index is 11.7. The predicted molar refractivity (Wildman–Crippen MR) is 62.8 cm³/mol. The molecule has 0 amide bonds. The fourth-order valence-electron chi connectivity index (χ4n) is 2.06. The maximum absolute atomic E-state index is 11.7. The highest BCUT2D eigenvalue weighted by atomic mass is 16.5. The van der Waals surface area contributed by atoms with Crippen LogP contribution in [0.5, 0.6) is 0 Å². The third-order valence-electron chi connectivity index (χ3n) is 3.03. The quantitative estimate of drug-likeness (QED) is 0.740. The minimum atomic E-state index is 0.232. The molecular weight excluding hydrogens is 202 g/mol. The Morgan fingerprint density at radius 2 is 2.25 bits per heavy atom. The third kappa shape index (κ3) is 2.46. The van der Waals surface area contributed by atoms with E-state index < -0.39 is 0 Å². The van der Waals surface area contributed by atoms with E-state index in [1.54, 1.807) is 0 Å². The summed E-state index contributed by atoms with van der Waals surface area (Å²) in [6.45, 7) is 3.74. The van der Waals surface area contributed by atoms with Crippen LogP contribution in [0, 0.1) is 0 Å². The zero-order valence-electron chi connectivity index (χ0n) is 9.84. The van der Waals surface area contributed by atoms with Crippen LogP contribution in [0.15, 0.2) is 23.1 Å². The molecule has 0 aromatic heterocycles. The van der Waals surface area contributed by atoms with E-state index in [9.17, 15) is 4.79 Å². The summed E-state index contributed by atoms with van der Waals surface area (Å²) in [6.07, 6.45) is 6.71. The van der Waals surface area contributed by atoms with Crippen molar-refractivity contribution >= 4 is 5.78 Å². The molecule has 1 heterocycles. The van der Waals surface area contributed by atoms with Gasteiger partial charge >= 0.3 is 0 Å². The van der Waals surface area contributed by atoms with E-state index in [0.717, 1.165) is 30.7 Å². The normalized spacial score (nSPS) is 20.1. The molecule has 16 heavy (non-hydrogen) atoms. The van der Waals surface area contributed by atoms with Crippen molar-refractivity contribution in [3.8, 4) is 0 Å². The smallest absolute Gasteiger partial charge is 0.169 e. The lowest BCUT2D eigenvalue weighted by molar-refractivity contribution is -0.117. The molecule has 1 aliphatic heterocycles. The average molecular weight is 221 g/mol. The number of hydrogen-bond acceptors (Lipinski definition) is 3. The van der Waals surface area contributed by atoms with Crippen molar-refractivity contribution in [2.24, 2.45) is 0 Å². The first kappa shape index (κ1) is 11.2. The van der Waals surface area contributed by atoms with E-state index in [1.807, 2.05) is 6.08 Å². The number of unbranched alkanes of at least 4 members (excludes halogenated alkanes) is 1. The molecular formula is C13H19NO2. The molecule has 2 rings (SSSR count). The molecule has 0 aromatic carbocycles. The molecule has 3 heteroatoms. The van der Waals surface area contributed by atoms with Gasteiger partial charge in [0.2, 0.25) is 0 Å². The lowest BCUT2D eigenvalue weighted by Crippen LogP contribution is -2.23. The second-order valence-electron chi connectivity index (χ2n) is 4.31. The number of carbonyl (C=O) groups is 1. The van der Waals surface area contributed by atoms with Gasteiger partial charge in [-0.25, -0.2) is 0 Å². The first-order chi connectivity index (χ1) is 7.81. The summed E-state index contributed by atoms with van der Waals surface area (Å²) < 4.78 is 5.51. The van der Waals surface area contributed by atoms with Gasteiger partial charge in [0.05, 0.1) is 12.2 Å². The van der Waals surface area contributed by atoms with E-state index in [-0.39, 0.29) is 5.78 Å². The Labute approximate surface area is 96.6 Å². The molecule has 1 aliphatic carbocycles. The standard InChI is InChI=1S/C13H19NO2/c1-2-3-7-14-10-4-5-13-11(9-10)12(15)6-8-16-13/h9,14H,2-8H2,1H3. The predicted octanol–water partition coefficient (Wildman–Crippen LogP) is 2.30. The van der Waals surface area contributed by atoms with Gasteiger partial charge in [0.1, 0.15) is 5.76 Å². The summed E-state index contributed by atoms with van der Waals surface area (Å²) in [7, 11) is 0. The number of nitrogens with one attached hydrogen (secondary N) is 1. The Morgan fingerprint density at radius 3 is 3.06 bits per heavy atom. The zero-order valence-corrected chi connectivity index (χ0v) is 9.84. The van der Waals surface area contributed by atoms with Crippen molar-refractivity contribution in [2.45, 2.75) is 39.0 Å². The summed E-state index contributed by atoms with van der Waals surface area (Å²) in [5, 5.41) is 3.40. The Morgan fingerprint density at radius 1 is 1.38 bits per heavy atom. The Balaban J connectivity index is 2.02. The first-order valence-corrected chi connectivity index (χ1v) is 6.15. The summed E-state index contributed by atoms with van der Waals surface area (Å²) >= 11 is 0. The molecule has 0 spiro atoms. The van der Waals surface area contributed by atoms with Gasteiger partial charge in [-0.05, 0) is 18.9 Å². The van der Waals surface area contributed by atoms with Crippen molar-refractivity contribution in [1.29, 1.82) is 0 Å². The minimum absolute atomic E-state index is 0.232. The van der Waals surface area contributed by atoms with Gasteiger partial charge in [0.15, 0.2) is 5.78 Å². The van der Waals surface area contributed by atoms with Gasteiger partial charge in [-0.1, -0.05) is 13.3 Å². The molecule has 2 aliphatic rings. The van der Waals surface area contributed by atoms with E-state index in [4.69, 9.17) is 4.74 Å². The van der Waals surface area contributed by atoms with Crippen LogP contribution in [-0.2, 0) is 9.53 Å². The van der Waals surface area contributed by atoms with E-state index in [2.05, 4.69) is 12.2 Å². The van der Waals surface area contributed by atoms with Crippen LogP contribution in [0.2, 0.25) is 0 Å². The Kier molecular flexibility index (Phi) is 3.65. The van der Waals surface area contributed by atoms with Crippen molar-refractivity contribution in [3.63, 3.8) is 0 Å². The highest BCUT2D eigenvalue weighted by Gasteiger charge is 2.23. The van der Waals surface area contributed by atoms with Gasteiger partial charge in [-0.2, -0.15) is 0 Å². The number of allylic oxidation sites excluding steroid dienone is 4. The maximum Gasteiger partial charge on any atom is 0.169 e. The Hall–Kier alpha value is -1.25. The van der Waals surface area contributed by atoms with Crippen molar-refractivity contribution in [2.75, 3.05) is 13.2 Å². The lowest BCUT2D eigenvalue weighted by Gasteiger charge is -2.24. The minimum Gasteiger partial charge on any atom is -0.497 e. The number of Topliss-reactive ketones (excluding diaryl/α,β-unsaturated/α-hetero) is 1. The molecule has 0 fully saturated rings. The van der Waals surface area contributed by atoms with Crippen LogP contribution < -0.4 is 5.32 Å². The number of carbonyl (C=O) groups excluding carboxylic acids is 1. The summed E-state index contributed by atoms with van der Waals surface area (Å²) in [5.74, 6) is 1.13. The van der Waals surface area contributed by atoms with E-state index in [0.29, 0.717) is 13.0 Å². The monoisotopic (exact) mass is 221 g/mol. The van der Waals surface area contributed by atoms with Gasteiger partial charge in [0.25, 0.3) is 0 Å².